The van der Waals surface area contributed by atoms with E-state index in [2.05, 4.69) is 15.6 Å². The molecule has 0 spiro atoms. The summed E-state index contributed by atoms with van der Waals surface area (Å²) in [6, 6.07) is 3.51. The van der Waals surface area contributed by atoms with Crippen molar-refractivity contribution in [1.82, 2.24) is 10.6 Å². The summed E-state index contributed by atoms with van der Waals surface area (Å²) in [6.45, 7) is 7.46. The van der Waals surface area contributed by atoms with E-state index >= 15 is 0 Å². The number of hydrogen-bond donors (Lipinski definition) is 3. The molecule has 1 rings (SSSR count). The van der Waals surface area contributed by atoms with Crippen molar-refractivity contribution in [1.29, 1.82) is 0 Å². The molecule has 0 aromatic carbocycles. The number of hydrogen-bond acceptors (Lipinski definition) is 5. The first-order chi connectivity index (χ1) is 11.6. The molecule has 146 valence electrons. The number of unbranched alkanes of at least 4 members (excludes halogenated alkanes) is 1. The Morgan fingerprint density at radius 3 is 2.72 bits per heavy atom. The van der Waals surface area contributed by atoms with Crippen LogP contribution in [0.5, 0.6) is 0 Å². The average Bonchev–Trinajstić information content (AvgIpc) is 3.10. The highest BCUT2D eigenvalue weighted by molar-refractivity contribution is 14.0. The zero-order chi connectivity index (χ0) is 17.7. The number of aliphatic hydroxyl groups is 1. The van der Waals surface area contributed by atoms with Crippen LogP contribution in [-0.4, -0.2) is 57.6 Å². The first-order valence-corrected chi connectivity index (χ1v) is 8.45. The topological polar surface area (TPSA) is 88.3 Å². The van der Waals surface area contributed by atoms with E-state index in [4.69, 9.17) is 13.9 Å². The molecule has 25 heavy (non-hydrogen) atoms. The lowest BCUT2D eigenvalue weighted by Gasteiger charge is -2.19. The van der Waals surface area contributed by atoms with Gasteiger partial charge >= 0.3 is 0 Å². The number of furan rings is 1. The van der Waals surface area contributed by atoms with Crippen LogP contribution >= 0.6 is 24.0 Å². The number of guanidine groups is 1. The highest BCUT2D eigenvalue weighted by Crippen LogP contribution is 2.20. The number of methoxy groups -OCH3 is 1. The lowest BCUT2D eigenvalue weighted by atomic mass is 10.0. The molecule has 0 bridgehead atoms. The lowest BCUT2D eigenvalue weighted by Crippen LogP contribution is -2.39. The van der Waals surface area contributed by atoms with Crippen LogP contribution in [0.15, 0.2) is 27.8 Å². The van der Waals surface area contributed by atoms with Gasteiger partial charge in [0.1, 0.15) is 11.4 Å². The fraction of sp³-hybridized carbons (Fsp3) is 0.706. The fourth-order valence-electron chi connectivity index (χ4n) is 2.02. The van der Waals surface area contributed by atoms with Crippen LogP contribution in [-0.2, 0) is 15.1 Å². The number of aliphatic imine (C=N–C) groups is 1. The minimum absolute atomic E-state index is 0. The van der Waals surface area contributed by atoms with Crippen molar-refractivity contribution in [3.05, 3.63) is 24.2 Å². The molecule has 0 radical (unpaired) electrons. The third-order valence-electron chi connectivity index (χ3n) is 3.38. The Bertz CT molecular complexity index is 453. The molecule has 7 nitrogen and oxygen atoms in total. The summed E-state index contributed by atoms with van der Waals surface area (Å²) in [5, 5.41) is 16.8. The summed E-state index contributed by atoms with van der Waals surface area (Å²) in [4.78, 5) is 4.44. The molecule has 0 aliphatic heterocycles. The monoisotopic (exact) mass is 469 g/mol. The Balaban J connectivity index is 0.00000576. The second-order valence-corrected chi connectivity index (χ2v) is 5.69. The van der Waals surface area contributed by atoms with Crippen molar-refractivity contribution in [3.8, 4) is 0 Å². The van der Waals surface area contributed by atoms with Gasteiger partial charge in [0.2, 0.25) is 0 Å². The van der Waals surface area contributed by atoms with Crippen molar-refractivity contribution in [2.75, 3.05) is 46.6 Å². The van der Waals surface area contributed by atoms with Crippen LogP contribution in [0, 0.1) is 0 Å². The summed E-state index contributed by atoms with van der Waals surface area (Å²) >= 11 is 0. The van der Waals surface area contributed by atoms with Gasteiger partial charge in [-0.3, -0.25) is 0 Å². The molecule has 0 saturated heterocycles. The standard InChI is InChI=1S/C17H31N3O4.HI/c1-4-18-16(19-9-5-6-10-23-13-12-22-3)20-14-17(2,21)15-8-7-11-24-15;/h7-8,11,21H,4-6,9-10,12-14H2,1-3H3,(H2,18,19,20);1H. The summed E-state index contributed by atoms with van der Waals surface area (Å²) in [7, 11) is 1.66. The van der Waals surface area contributed by atoms with Gasteiger partial charge in [-0.15, -0.1) is 24.0 Å². The van der Waals surface area contributed by atoms with E-state index in [0.717, 1.165) is 32.5 Å². The molecule has 0 fully saturated rings. The van der Waals surface area contributed by atoms with E-state index in [-0.39, 0.29) is 30.5 Å². The second-order valence-electron chi connectivity index (χ2n) is 5.69. The lowest BCUT2D eigenvalue weighted by molar-refractivity contribution is 0.0437. The maximum absolute atomic E-state index is 10.4. The number of ether oxygens (including phenoxy) is 2. The van der Waals surface area contributed by atoms with E-state index in [0.29, 0.717) is 24.9 Å². The number of nitrogens with one attached hydrogen (secondary N) is 2. The van der Waals surface area contributed by atoms with Gasteiger partial charge in [-0.05, 0) is 38.8 Å². The van der Waals surface area contributed by atoms with E-state index in [9.17, 15) is 5.11 Å². The van der Waals surface area contributed by atoms with E-state index in [1.165, 1.54) is 0 Å². The SMILES string of the molecule is CCNC(=NCC(C)(O)c1ccco1)NCCCCOCCOC.I. The Morgan fingerprint density at radius 1 is 1.28 bits per heavy atom. The minimum Gasteiger partial charge on any atom is -0.466 e. The van der Waals surface area contributed by atoms with Gasteiger partial charge in [-0.2, -0.15) is 0 Å². The summed E-state index contributed by atoms with van der Waals surface area (Å²) < 4.78 is 15.6. The second kappa shape index (κ2) is 14.3. The average molecular weight is 469 g/mol. The van der Waals surface area contributed by atoms with Crippen molar-refractivity contribution in [2.45, 2.75) is 32.3 Å². The normalized spacial score (nSPS) is 13.8. The van der Waals surface area contributed by atoms with Crippen LogP contribution in [0.1, 0.15) is 32.4 Å². The van der Waals surface area contributed by atoms with Gasteiger partial charge in [0.05, 0.1) is 26.0 Å². The molecule has 0 aliphatic carbocycles. The van der Waals surface area contributed by atoms with E-state index < -0.39 is 5.60 Å². The van der Waals surface area contributed by atoms with Crippen molar-refractivity contribution in [2.24, 2.45) is 4.99 Å². The van der Waals surface area contributed by atoms with Gasteiger partial charge in [0.15, 0.2) is 5.96 Å². The quantitative estimate of drug-likeness (QED) is 0.188. The molecular formula is C17H32IN3O4. The predicted octanol–water partition coefficient (Wildman–Crippen LogP) is 2.10. The molecule has 0 amide bonds. The van der Waals surface area contributed by atoms with Gasteiger partial charge in [0, 0.05) is 26.8 Å². The molecular weight excluding hydrogens is 437 g/mol. The Morgan fingerprint density at radius 2 is 2.08 bits per heavy atom. The van der Waals surface area contributed by atoms with Crippen molar-refractivity contribution in [3.63, 3.8) is 0 Å². The zero-order valence-corrected chi connectivity index (χ0v) is 17.7. The van der Waals surface area contributed by atoms with Gasteiger partial charge in [-0.1, -0.05) is 0 Å². The van der Waals surface area contributed by atoms with E-state index in [1.54, 1.807) is 32.4 Å². The summed E-state index contributed by atoms with van der Waals surface area (Å²) in [5.41, 5.74) is -1.12. The van der Waals surface area contributed by atoms with E-state index in [1.807, 2.05) is 6.92 Å². The number of nitrogens with zero attached hydrogens (tertiary/aromatic N) is 1. The molecule has 1 heterocycles. The van der Waals surface area contributed by atoms with Gasteiger partial charge in [0.25, 0.3) is 0 Å². The molecule has 0 aliphatic rings. The molecule has 1 unspecified atom stereocenters. The number of halogens is 1. The van der Waals surface area contributed by atoms with Crippen molar-refractivity contribution < 1.29 is 19.0 Å². The van der Waals surface area contributed by atoms with Crippen molar-refractivity contribution >= 4 is 29.9 Å². The van der Waals surface area contributed by atoms with Crippen LogP contribution in [0.3, 0.4) is 0 Å². The fourth-order valence-corrected chi connectivity index (χ4v) is 2.02. The third-order valence-corrected chi connectivity index (χ3v) is 3.38. The Hall–Kier alpha value is -0.840. The predicted molar refractivity (Wildman–Crippen MR) is 110 cm³/mol. The smallest absolute Gasteiger partial charge is 0.191 e. The Kier molecular flexibility index (Phi) is 13.9. The molecule has 1 atom stereocenters. The zero-order valence-electron chi connectivity index (χ0n) is 15.4. The number of rotatable bonds is 12. The first-order valence-electron chi connectivity index (χ1n) is 8.45. The van der Waals surface area contributed by atoms with Gasteiger partial charge in [-0.25, -0.2) is 4.99 Å². The summed E-state index contributed by atoms with van der Waals surface area (Å²) in [5.74, 6) is 1.19. The maximum Gasteiger partial charge on any atom is 0.191 e. The van der Waals surface area contributed by atoms with Crippen LogP contribution in [0.4, 0.5) is 0 Å². The first kappa shape index (κ1) is 24.2. The maximum atomic E-state index is 10.4. The highest BCUT2D eigenvalue weighted by Gasteiger charge is 2.25. The largest absolute Gasteiger partial charge is 0.466 e. The minimum atomic E-state index is -1.12. The third kappa shape index (κ3) is 10.7. The molecule has 1 aromatic rings. The highest BCUT2D eigenvalue weighted by atomic mass is 127. The molecule has 1 aromatic heterocycles. The van der Waals surface area contributed by atoms with Crippen LogP contribution < -0.4 is 10.6 Å². The summed E-state index contributed by atoms with van der Waals surface area (Å²) in [6.07, 6.45) is 3.50. The molecule has 8 heteroatoms. The Labute approximate surface area is 167 Å². The van der Waals surface area contributed by atoms with Crippen LogP contribution in [0.25, 0.3) is 0 Å². The van der Waals surface area contributed by atoms with Crippen LogP contribution in [0.2, 0.25) is 0 Å². The van der Waals surface area contributed by atoms with Gasteiger partial charge < -0.3 is 29.6 Å². The molecule has 0 saturated carbocycles. The molecule has 3 N–H and O–H groups in total.